The summed E-state index contributed by atoms with van der Waals surface area (Å²) < 4.78 is 2.07. The molecule has 2 rings (SSSR count). The molecule has 21 heavy (non-hydrogen) atoms. The molecular formula is C16H22N4O. The maximum atomic E-state index is 11.1. The number of nitrogens with one attached hydrogen (secondary N) is 2. The van der Waals surface area contributed by atoms with Crippen molar-refractivity contribution in [3.05, 3.63) is 48.5 Å². The van der Waals surface area contributed by atoms with Crippen molar-refractivity contribution in [2.75, 3.05) is 11.9 Å². The van der Waals surface area contributed by atoms with E-state index >= 15 is 0 Å². The number of nitrogens with zero attached hydrogens (tertiary/aromatic N) is 2. The number of hydrogen-bond donors (Lipinski definition) is 2. The van der Waals surface area contributed by atoms with Gasteiger partial charge >= 0.3 is 0 Å². The van der Waals surface area contributed by atoms with E-state index in [1.54, 1.807) is 6.20 Å². The van der Waals surface area contributed by atoms with Gasteiger partial charge in [-0.2, -0.15) is 0 Å². The predicted octanol–water partition coefficient (Wildman–Crippen LogP) is 2.58. The normalized spacial score (nSPS) is 12.1. The van der Waals surface area contributed by atoms with Gasteiger partial charge in [0.05, 0.1) is 6.33 Å². The average molecular weight is 286 g/mol. The summed E-state index contributed by atoms with van der Waals surface area (Å²) in [5.41, 5.74) is 2.01. The van der Waals surface area contributed by atoms with Crippen LogP contribution in [0.5, 0.6) is 0 Å². The van der Waals surface area contributed by atoms with Crippen molar-refractivity contribution >= 4 is 11.6 Å². The van der Waals surface area contributed by atoms with Crippen LogP contribution in [-0.4, -0.2) is 22.0 Å². The third-order valence-electron chi connectivity index (χ3n) is 3.31. The highest BCUT2D eigenvalue weighted by molar-refractivity contribution is 5.88. The highest BCUT2D eigenvalue weighted by Crippen LogP contribution is 2.17. The van der Waals surface area contributed by atoms with E-state index in [1.165, 1.54) is 12.5 Å². The van der Waals surface area contributed by atoms with Gasteiger partial charge in [-0.3, -0.25) is 4.79 Å². The molecule has 5 heteroatoms. The third-order valence-corrected chi connectivity index (χ3v) is 3.31. The highest BCUT2D eigenvalue weighted by Gasteiger charge is 2.05. The minimum Gasteiger partial charge on any atom is -0.337 e. The standard InChI is InChI=1S/C16H22N4O/c1-13(18-7-4-9-20-10-8-17-12-20)15-5-3-6-16(11-15)19-14(2)21/h3,5-6,8,10-13,18H,4,7,9H2,1-2H3,(H,19,21). The zero-order chi connectivity index (χ0) is 15.1. The first-order valence-electron chi connectivity index (χ1n) is 7.22. The van der Waals surface area contributed by atoms with Gasteiger partial charge in [-0.25, -0.2) is 4.98 Å². The second kappa shape index (κ2) is 7.59. The van der Waals surface area contributed by atoms with E-state index in [-0.39, 0.29) is 11.9 Å². The van der Waals surface area contributed by atoms with Gasteiger partial charge in [-0.1, -0.05) is 12.1 Å². The molecule has 1 aromatic heterocycles. The van der Waals surface area contributed by atoms with Crippen molar-refractivity contribution in [2.24, 2.45) is 0 Å². The Balaban J connectivity index is 1.79. The van der Waals surface area contributed by atoms with Crippen LogP contribution < -0.4 is 10.6 Å². The molecule has 0 aliphatic carbocycles. The Bertz CT molecular complexity index is 565. The highest BCUT2D eigenvalue weighted by atomic mass is 16.1. The zero-order valence-corrected chi connectivity index (χ0v) is 12.5. The summed E-state index contributed by atoms with van der Waals surface area (Å²) in [5.74, 6) is -0.0481. The van der Waals surface area contributed by atoms with E-state index < -0.39 is 0 Å². The third kappa shape index (κ3) is 5.04. The average Bonchev–Trinajstić information content (AvgIpc) is 2.96. The van der Waals surface area contributed by atoms with E-state index in [4.69, 9.17) is 0 Å². The second-order valence-electron chi connectivity index (χ2n) is 5.14. The van der Waals surface area contributed by atoms with Gasteiger partial charge < -0.3 is 15.2 Å². The maximum absolute atomic E-state index is 11.1. The summed E-state index contributed by atoms with van der Waals surface area (Å²) in [6.45, 7) is 5.55. The Labute approximate surface area is 125 Å². The molecule has 0 spiro atoms. The van der Waals surface area contributed by atoms with Crippen molar-refractivity contribution in [1.29, 1.82) is 0 Å². The largest absolute Gasteiger partial charge is 0.337 e. The Morgan fingerprint density at radius 3 is 3.00 bits per heavy atom. The van der Waals surface area contributed by atoms with E-state index in [9.17, 15) is 4.79 Å². The molecule has 0 aliphatic heterocycles. The number of amides is 1. The molecule has 2 N–H and O–H groups in total. The topological polar surface area (TPSA) is 59.0 Å². The van der Waals surface area contributed by atoms with E-state index in [0.717, 1.165) is 25.2 Å². The molecule has 0 saturated heterocycles. The van der Waals surface area contributed by atoms with Gasteiger partial charge in [0.2, 0.25) is 5.91 Å². The molecule has 0 radical (unpaired) electrons. The summed E-state index contributed by atoms with van der Waals surface area (Å²) in [6, 6.07) is 8.19. The van der Waals surface area contributed by atoms with Crippen molar-refractivity contribution in [2.45, 2.75) is 32.9 Å². The van der Waals surface area contributed by atoms with Gasteiger partial charge in [0, 0.05) is 37.6 Å². The van der Waals surface area contributed by atoms with Gasteiger partial charge in [0.25, 0.3) is 0 Å². The number of aryl methyl sites for hydroxylation is 1. The molecule has 1 aromatic carbocycles. The number of rotatable bonds is 7. The van der Waals surface area contributed by atoms with Crippen LogP contribution in [0, 0.1) is 0 Å². The van der Waals surface area contributed by atoms with Crippen LogP contribution in [0.4, 0.5) is 5.69 Å². The number of benzene rings is 1. The minimum atomic E-state index is -0.0481. The van der Waals surface area contributed by atoms with Gasteiger partial charge in [-0.15, -0.1) is 0 Å². The number of carbonyl (C=O) groups is 1. The fourth-order valence-electron chi connectivity index (χ4n) is 2.21. The molecule has 0 fully saturated rings. The van der Waals surface area contributed by atoms with Crippen molar-refractivity contribution in [1.82, 2.24) is 14.9 Å². The fourth-order valence-corrected chi connectivity index (χ4v) is 2.21. The van der Waals surface area contributed by atoms with Crippen LogP contribution in [-0.2, 0) is 11.3 Å². The Hall–Kier alpha value is -2.14. The molecule has 1 atom stereocenters. The molecule has 0 saturated carbocycles. The number of imidazole rings is 1. The first kappa shape index (κ1) is 15.3. The van der Waals surface area contributed by atoms with E-state index in [2.05, 4.69) is 33.2 Å². The lowest BCUT2D eigenvalue weighted by Crippen LogP contribution is -2.21. The molecule has 0 aliphatic rings. The lowest BCUT2D eigenvalue weighted by molar-refractivity contribution is -0.114. The molecule has 112 valence electrons. The fraction of sp³-hybridized carbons (Fsp3) is 0.375. The van der Waals surface area contributed by atoms with Gasteiger partial charge in [0.15, 0.2) is 0 Å². The quantitative estimate of drug-likeness (QED) is 0.769. The SMILES string of the molecule is CC(=O)Nc1cccc(C(C)NCCCn2ccnc2)c1. The number of carbonyl (C=O) groups excluding carboxylic acids is 1. The molecule has 0 bridgehead atoms. The van der Waals surface area contributed by atoms with E-state index in [0.29, 0.717) is 0 Å². The first-order chi connectivity index (χ1) is 10.1. The van der Waals surface area contributed by atoms with Crippen LogP contribution in [0.3, 0.4) is 0 Å². The smallest absolute Gasteiger partial charge is 0.221 e. The molecular weight excluding hydrogens is 264 g/mol. The molecule has 1 heterocycles. The Morgan fingerprint density at radius 2 is 2.29 bits per heavy atom. The van der Waals surface area contributed by atoms with Crippen LogP contribution >= 0.6 is 0 Å². The van der Waals surface area contributed by atoms with Crippen molar-refractivity contribution in [3.63, 3.8) is 0 Å². The van der Waals surface area contributed by atoms with Crippen molar-refractivity contribution < 1.29 is 4.79 Å². The van der Waals surface area contributed by atoms with Gasteiger partial charge in [0.1, 0.15) is 0 Å². The monoisotopic (exact) mass is 286 g/mol. The summed E-state index contributed by atoms with van der Waals surface area (Å²) in [7, 11) is 0. The summed E-state index contributed by atoms with van der Waals surface area (Å²) in [4.78, 5) is 15.1. The number of anilines is 1. The van der Waals surface area contributed by atoms with E-state index in [1.807, 2.05) is 30.7 Å². The second-order valence-corrected chi connectivity index (χ2v) is 5.14. The minimum absolute atomic E-state index is 0.0481. The number of hydrogen-bond acceptors (Lipinski definition) is 3. The molecule has 1 amide bonds. The first-order valence-corrected chi connectivity index (χ1v) is 7.22. The summed E-state index contributed by atoms with van der Waals surface area (Å²) in [5, 5.41) is 6.30. The lowest BCUT2D eigenvalue weighted by Gasteiger charge is -2.15. The number of aromatic nitrogens is 2. The van der Waals surface area contributed by atoms with Crippen LogP contribution in [0.2, 0.25) is 0 Å². The van der Waals surface area contributed by atoms with Gasteiger partial charge in [-0.05, 0) is 37.6 Å². The van der Waals surface area contributed by atoms with Crippen molar-refractivity contribution in [3.8, 4) is 0 Å². The lowest BCUT2D eigenvalue weighted by atomic mass is 10.1. The Kier molecular flexibility index (Phi) is 5.51. The maximum Gasteiger partial charge on any atom is 0.221 e. The predicted molar refractivity (Wildman–Crippen MR) is 84.0 cm³/mol. The summed E-state index contributed by atoms with van der Waals surface area (Å²) >= 11 is 0. The van der Waals surface area contributed by atoms with Crippen LogP contribution in [0.15, 0.2) is 43.0 Å². The molecule has 1 unspecified atom stereocenters. The molecule has 5 nitrogen and oxygen atoms in total. The van der Waals surface area contributed by atoms with Crippen LogP contribution in [0.25, 0.3) is 0 Å². The zero-order valence-electron chi connectivity index (χ0n) is 12.5. The Morgan fingerprint density at radius 1 is 1.43 bits per heavy atom. The summed E-state index contributed by atoms with van der Waals surface area (Å²) in [6.07, 6.45) is 6.65. The van der Waals surface area contributed by atoms with Crippen LogP contribution in [0.1, 0.15) is 31.9 Å². The molecule has 2 aromatic rings.